The molecular weight excluding hydrogens is 544 g/mol. The van der Waals surface area contributed by atoms with Crippen LogP contribution in [-0.4, -0.2) is 4.70 Å². The lowest BCUT2D eigenvalue weighted by atomic mass is 9.90. The summed E-state index contributed by atoms with van der Waals surface area (Å²) in [5.41, 5.74) is 26.6. The second-order valence-electron chi connectivity index (χ2n) is 13.8. The fourth-order valence-corrected chi connectivity index (χ4v) is 7.09. The minimum absolute atomic E-state index is 0.964. The third-order valence-electron chi connectivity index (χ3n) is 10.1. The molecule has 0 aromatic heterocycles. The molecule has 248 valence electrons. The number of unbranched alkanes of at least 4 members (excludes halogenated alkanes) is 10. The maximum absolute atomic E-state index is 12.1. The minimum atomic E-state index is 0.964. The Kier molecular flexibility index (Phi) is 16.4. The van der Waals surface area contributed by atoms with Crippen LogP contribution in [0.2, 0.25) is 0 Å². The van der Waals surface area contributed by atoms with Crippen molar-refractivity contribution in [3.05, 3.63) is 86.0 Å². The molecule has 45 heavy (non-hydrogen) atoms. The highest BCUT2D eigenvalue weighted by Crippen LogP contribution is 2.40. The van der Waals surface area contributed by atoms with Gasteiger partial charge in [-0.2, -0.15) is 0 Å². The van der Waals surface area contributed by atoms with Crippen molar-refractivity contribution >= 4 is 11.4 Å². The molecule has 0 spiro atoms. The molecule has 2 heteroatoms. The van der Waals surface area contributed by atoms with E-state index < -0.39 is 0 Å². The van der Waals surface area contributed by atoms with Crippen LogP contribution in [0.25, 0.3) is 16.9 Å². The summed E-state index contributed by atoms with van der Waals surface area (Å²) in [6.07, 6.45) is 26.4. The molecule has 2 nitrogen and oxygen atoms in total. The molecule has 0 aliphatic carbocycles. The summed E-state index contributed by atoms with van der Waals surface area (Å²) in [4.78, 5) is 0. The number of rotatable bonds is 22. The van der Waals surface area contributed by atoms with Gasteiger partial charge in [-0.05, 0) is 136 Å². The summed E-state index contributed by atoms with van der Waals surface area (Å²) >= 11 is 0. The molecule has 3 rings (SSSR count). The fourth-order valence-electron chi connectivity index (χ4n) is 7.09. The van der Waals surface area contributed by atoms with Crippen LogP contribution < -0.4 is 0 Å². The van der Waals surface area contributed by atoms with E-state index in [9.17, 15) is 5.53 Å². The van der Waals surface area contributed by atoms with E-state index in [1.54, 1.807) is 4.70 Å². The zero-order valence-electron chi connectivity index (χ0n) is 30.4. The lowest BCUT2D eigenvalue weighted by molar-refractivity contribution is -0.344. The van der Waals surface area contributed by atoms with Gasteiger partial charge in [0.15, 0.2) is 0 Å². The fraction of sp³-hybridized carbons (Fsp3) is 0.628. The SMILES string of the molecule is CCCCCC1=C(c2cc(CCCCC)c(C)c(CCCCC)c2)[N+](=[N-])C(c2cc(CCCCC)c(C)c(CCCCC)c2)=C1. The first-order chi connectivity index (χ1) is 21.9. The summed E-state index contributed by atoms with van der Waals surface area (Å²) in [7, 11) is 0. The van der Waals surface area contributed by atoms with Gasteiger partial charge in [0.1, 0.15) is 0 Å². The van der Waals surface area contributed by atoms with Crippen LogP contribution >= 0.6 is 0 Å². The largest absolute Gasteiger partial charge is 0.493 e. The van der Waals surface area contributed by atoms with Crippen LogP contribution in [-0.2, 0) is 25.7 Å². The Balaban J connectivity index is 2.10. The number of hydrogen-bond acceptors (Lipinski definition) is 0. The van der Waals surface area contributed by atoms with E-state index in [1.807, 2.05) is 0 Å². The average Bonchev–Trinajstić information content (AvgIpc) is 3.36. The Hall–Kier alpha value is -2.48. The Bertz CT molecular complexity index is 1230. The van der Waals surface area contributed by atoms with Crippen molar-refractivity contribution in [2.24, 2.45) is 0 Å². The number of benzene rings is 2. The Labute approximate surface area is 278 Å². The number of nitrogens with zero attached hydrogens (tertiary/aromatic N) is 2. The molecule has 2 aromatic rings. The predicted octanol–water partition coefficient (Wildman–Crippen LogP) is 13.6. The maximum atomic E-state index is 12.1. The first-order valence-electron chi connectivity index (χ1n) is 19.1. The number of hydrogen-bond donors (Lipinski definition) is 0. The zero-order valence-corrected chi connectivity index (χ0v) is 30.4. The highest BCUT2D eigenvalue weighted by Gasteiger charge is 2.30. The summed E-state index contributed by atoms with van der Waals surface area (Å²) < 4.78 is 1.58. The maximum Gasteiger partial charge on any atom is 0.210 e. The second kappa shape index (κ2) is 19.9. The van der Waals surface area contributed by atoms with Gasteiger partial charge in [0.05, 0.1) is 0 Å². The highest BCUT2D eigenvalue weighted by atomic mass is 15.2. The molecule has 0 saturated carbocycles. The molecule has 0 amide bonds. The molecule has 1 heterocycles. The summed E-state index contributed by atoms with van der Waals surface area (Å²) in [6, 6.07) is 9.64. The van der Waals surface area contributed by atoms with Gasteiger partial charge in [0.2, 0.25) is 11.4 Å². The van der Waals surface area contributed by atoms with Crippen molar-refractivity contribution in [1.82, 2.24) is 0 Å². The lowest BCUT2D eigenvalue weighted by Crippen LogP contribution is -2.07. The third kappa shape index (κ3) is 10.5. The van der Waals surface area contributed by atoms with E-state index in [2.05, 4.69) is 78.8 Å². The molecule has 0 saturated heterocycles. The van der Waals surface area contributed by atoms with E-state index in [4.69, 9.17) is 0 Å². The zero-order chi connectivity index (χ0) is 32.6. The van der Waals surface area contributed by atoms with E-state index in [0.717, 1.165) is 49.9 Å². The minimum Gasteiger partial charge on any atom is -0.493 e. The molecule has 0 N–H and O–H groups in total. The summed E-state index contributed by atoms with van der Waals surface area (Å²) in [5.74, 6) is 0. The predicted molar refractivity (Wildman–Crippen MR) is 198 cm³/mol. The van der Waals surface area contributed by atoms with Gasteiger partial charge >= 0.3 is 0 Å². The second-order valence-corrected chi connectivity index (χ2v) is 13.8. The van der Waals surface area contributed by atoms with Crippen LogP contribution in [0.4, 0.5) is 0 Å². The van der Waals surface area contributed by atoms with Crippen molar-refractivity contribution in [2.75, 3.05) is 0 Å². The van der Waals surface area contributed by atoms with Crippen LogP contribution in [0, 0.1) is 13.8 Å². The van der Waals surface area contributed by atoms with E-state index in [1.165, 1.54) is 140 Å². The van der Waals surface area contributed by atoms with Crippen LogP contribution in [0.15, 0.2) is 35.9 Å². The van der Waals surface area contributed by atoms with Crippen LogP contribution in [0.1, 0.15) is 182 Å². The first kappa shape index (κ1) is 37.0. The Morgan fingerprint density at radius 3 is 1.16 bits per heavy atom. The van der Waals surface area contributed by atoms with Crippen LogP contribution in [0.3, 0.4) is 0 Å². The lowest BCUT2D eigenvalue weighted by Gasteiger charge is -2.18. The molecule has 2 aromatic carbocycles. The Morgan fingerprint density at radius 2 is 0.800 bits per heavy atom. The molecule has 1 aliphatic rings. The molecule has 0 bridgehead atoms. The molecule has 0 atom stereocenters. The van der Waals surface area contributed by atoms with Crippen molar-refractivity contribution in [2.45, 2.75) is 177 Å². The standard InChI is InChI=1S/C43H66N2/c1-8-13-18-23-35-28-40(29-36(33(35)6)24-19-14-9-2)42-32-39(27-22-17-12-5)43(45(42)44)41-30-37(25-20-15-10-3)34(7)38(31-41)26-21-16-11-4/h28-32H,8-27H2,1-7H3. The highest BCUT2D eigenvalue weighted by molar-refractivity contribution is 5.79. The average molecular weight is 611 g/mol. The van der Waals surface area contributed by atoms with E-state index in [0.29, 0.717) is 0 Å². The Morgan fingerprint density at radius 1 is 0.467 bits per heavy atom. The van der Waals surface area contributed by atoms with Gasteiger partial charge in [0, 0.05) is 22.8 Å². The summed E-state index contributed by atoms with van der Waals surface area (Å²) in [5, 5.41) is 0. The molecule has 0 radical (unpaired) electrons. The van der Waals surface area contributed by atoms with Crippen molar-refractivity contribution in [3.63, 3.8) is 0 Å². The smallest absolute Gasteiger partial charge is 0.210 e. The van der Waals surface area contributed by atoms with Gasteiger partial charge < -0.3 is 5.53 Å². The van der Waals surface area contributed by atoms with Crippen molar-refractivity contribution < 1.29 is 4.70 Å². The van der Waals surface area contributed by atoms with Gasteiger partial charge in [-0.25, -0.2) is 4.70 Å². The summed E-state index contributed by atoms with van der Waals surface area (Å²) in [6.45, 7) is 16.1. The number of aryl methyl sites for hydroxylation is 4. The molecule has 1 aliphatic heterocycles. The number of allylic oxidation sites excluding steroid dienone is 2. The van der Waals surface area contributed by atoms with Gasteiger partial charge in [-0.1, -0.05) is 98.8 Å². The van der Waals surface area contributed by atoms with E-state index in [-0.39, 0.29) is 0 Å². The first-order valence-corrected chi connectivity index (χ1v) is 19.1. The van der Waals surface area contributed by atoms with Crippen LogP contribution in [0.5, 0.6) is 0 Å². The van der Waals surface area contributed by atoms with Crippen molar-refractivity contribution in [1.29, 1.82) is 0 Å². The van der Waals surface area contributed by atoms with Gasteiger partial charge in [0.25, 0.3) is 0 Å². The quantitative estimate of drug-likeness (QED) is 0.0936. The molecular formula is C43H66N2. The van der Waals surface area contributed by atoms with Crippen molar-refractivity contribution in [3.8, 4) is 0 Å². The molecule has 0 fully saturated rings. The molecule has 0 unspecified atom stereocenters. The van der Waals surface area contributed by atoms with E-state index >= 15 is 0 Å². The van der Waals surface area contributed by atoms with Gasteiger partial charge in [-0.3, -0.25) is 0 Å². The third-order valence-corrected chi connectivity index (χ3v) is 10.1. The normalized spacial score (nSPS) is 13.3. The van der Waals surface area contributed by atoms with Gasteiger partial charge in [-0.15, -0.1) is 0 Å². The topological polar surface area (TPSA) is 25.3 Å². The monoisotopic (exact) mass is 611 g/mol.